The van der Waals surface area contributed by atoms with Crippen molar-refractivity contribution in [3.63, 3.8) is 0 Å². The number of carbonyl (C=O) groups is 1. The third-order valence-corrected chi connectivity index (χ3v) is 4.54. The van der Waals surface area contributed by atoms with Gasteiger partial charge in [-0.3, -0.25) is 9.58 Å². The summed E-state index contributed by atoms with van der Waals surface area (Å²) in [4.78, 5) is 14.3. The predicted molar refractivity (Wildman–Crippen MR) is 89.3 cm³/mol. The molecule has 1 unspecified atom stereocenters. The van der Waals surface area contributed by atoms with Crippen LogP contribution in [0.4, 0.5) is 4.79 Å². The van der Waals surface area contributed by atoms with Gasteiger partial charge in [0.1, 0.15) is 6.61 Å². The van der Waals surface area contributed by atoms with E-state index in [0.29, 0.717) is 0 Å². The minimum atomic E-state index is -0.386. The maximum atomic E-state index is 12.7. The summed E-state index contributed by atoms with van der Waals surface area (Å²) in [6.45, 7) is 2.11. The Balaban J connectivity index is 1.76. The molecule has 0 spiro atoms. The zero-order valence-electron chi connectivity index (χ0n) is 14.1. The van der Waals surface area contributed by atoms with Crippen molar-refractivity contribution >= 4 is 6.09 Å². The molecule has 128 valence electrons. The van der Waals surface area contributed by atoms with Crippen LogP contribution in [0.1, 0.15) is 35.7 Å². The Bertz CT molecular complexity index is 699. The molecule has 2 aromatic rings. The second-order valence-corrected chi connectivity index (χ2v) is 6.22. The molecule has 2 heterocycles. The van der Waals surface area contributed by atoms with Gasteiger partial charge in [-0.25, -0.2) is 4.79 Å². The van der Waals surface area contributed by atoms with Gasteiger partial charge in [-0.15, -0.1) is 0 Å². The fourth-order valence-corrected chi connectivity index (χ4v) is 3.38. The third-order valence-electron chi connectivity index (χ3n) is 4.54. The molecule has 0 bridgehead atoms. The molecule has 0 saturated carbocycles. The molecular weight excluding hydrogens is 306 g/mol. The lowest BCUT2D eigenvalue weighted by Crippen LogP contribution is -2.39. The lowest BCUT2D eigenvalue weighted by atomic mass is 10.1. The first kappa shape index (κ1) is 16.5. The van der Waals surface area contributed by atoms with Gasteiger partial charge in [0.2, 0.25) is 0 Å². The van der Waals surface area contributed by atoms with E-state index in [9.17, 15) is 9.90 Å². The van der Waals surface area contributed by atoms with Crippen LogP contribution in [0.15, 0.2) is 36.5 Å². The summed E-state index contributed by atoms with van der Waals surface area (Å²) in [5.74, 6) is 0. The summed E-state index contributed by atoms with van der Waals surface area (Å²) >= 11 is 0. The highest BCUT2D eigenvalue weighted by Gasteiger charge is 2.39. The standard InChI is InChI=1S/C18H23N3O3/c1-13-16(10-20(2)19-13)17-9-8-15(11-22)21(17)18(23)24-12-14-6-4-3-5-7-14/h3-7,10,15,17,22H,8-9,11-12H2,1-2H3/t15-,17?/m1/s1. The quantitative estimate of drug-likeness (QED) is 0.936. The number of hydrogen-bond donors (Lipinski definition) is 1. The smallest absolute Gasteiger partial charge is 0.410 e. The van der Waals surface area contributed by atoms with Crippen LogP contribution >= 0.6 is 0 Å². The summed E-state index contributed by atoms with van der Waals surface area (Å²) in [7, 11) is 1.87. The van der Waals surface area contributed by atoms with Crippen molar-refractivity contribution in [2.75, 3.05) is 6.61 Å². The molecule has 1 aromatic carbocycles. The van der Waals surface area contributed by atoms with E-state index in [0.717, 1.165) is 29.7 Å². The number of amides is 1. The Labute approximate surface area is 141 Å². The van der Waals surface area contributed by atoms with Crippen LogP contribution in [0.3, 0.4) is 0 Å². The minimum absolute atomic E-state index is 0.0593. The molecule has 2 atom stereocenters. The monoisotopic (exact) mass is 329 g/mol. The molecule has 0 aliphatic carbocycles. The van der Waals surface area contributed by atoms with Gasteiger partial charge in [-0.1, -0.05) is 30.3 Å². The van der Waals surface area contributed by atoms with Crippen molar-refractivity contribution < 1.29 is 14.6 Å². The number of aromatic nitrogens is 2. The minimum Gasteiger partial charge on any atom is -0.445 e. The molecule has 6 heteroatoms. The third kappa shape index (κ3) is 3.28. The molecule has 1 N–H and O–H groups in total. The number of nitrogens with zero attached hydrogens (tertiary/aromatic N) is 3. The summed E-state index contributed by atoms with van der Waals surface area (Å²) in [6, 6.07) is 9.29. The van der Waals surface area contributed by atoms with Gasteiger partial charge < -0.3 is 9.84 Å². The van der Waals surface area contributed by atoms with Crippen LogP contribution in [0.2, 0.25) is 0 Å². The fourth-order valence-electron chi connectivity index (χ4n) is 3.38. The topological polar surface area (TPSA) is 67.6 Å². The van der Waals surface area contributed by atoms with Gasteiger partial charge >= 0.3 is 6.09 Å². The lowest BCUT2D eigenvalue weighted by molar-refractivity contribution is 0.0647. The van der Waals surface area contributed by atoms with Gasteiger partial charge in [0.15, 0.2) is 0 Å². The average molecular weight is 329 g/mol. The van der Waals surface area contributed by atoms with Gasteiger partial charge in [0.05, 0.1) is 24.4 Å². The lowest BCUT2D eigenvalue weighted by Gasteiger charge is -2.28. The molecule has 1 saturated heterocycles. The normalized spacial score (nSPS) is 20.4. The molecule has 24 heavy (non-hydrogen) atoms. The van der Waals surface area contributed by atoms with Gasteiger partial charge in [0, 0.05) is 18.8 Å². The number of aliphatic hydroxyl groups excluding tert-OH is 1. The molecule has 1 fully saturated rings. The second-order valence-electron chi connectivity index (χ2n) is 6.22. The Hall–Kier alpha value is -2.34. The average Bonchev–Trinajstić information content (AvgIpc) is 3.15. The van der Waals surface area contributed by atoms with Crippen LogP contribution in [-0.2, 0) is 18.4 Å². The Kier molecular flexibility index (Phi) is 4.85. The zero-order chi connectivity index (χ0) is 17.1. The highest BCUT2D eigenvalue weighted by molar-refractivity contribution is 5.69. The second kappa shape index (κ2) is 7.05. The molecular formula is C18H23N3O3. The van der Waals surface area contributed by atoms with Crippen molar-refractivity contribution in [3.8, 4) is 0 Å². The van der Waals surface area contributed by atoms with E-state index in [1.165, 1.54) is 0 Å². The zero-order valence-corrected chi connectivity index (χ0v) is 14.1. The fraction of sp³-hybridized carbons (Fsp3) is 0.444. The number of likely N-dealkylation sites (tertiary alicyclic amines) is 1. The van der Waals surface area contributed by atoms with E-state index in [2.05, 4.69) is 5.10 Å². The number of aliphatic hydroxyl groups is 1. The maximum Gasteiger partial charge on any atom is 0.410 e. The van der Waals surface area contributed by atoms with Crippen molar-refractivity contribution in [1.29, 1.82) is 0 Å². The molecule has 3 rings (SSSR count). The molecule has 1 aliphatic heterocycles. The summed E-state index contributed by atoms with van der Waals surface area (Å²) in [5.41, 5.74) is 2.87. The van der Waals surface area contributed by atoms with E-state index < -0.39 is 0 Å². The summed E-state index contributed by atoms with van der Waals surface area (Å²) in [6.07, 6.45) is 3.12. The van der Waals surface area contributed by atoms with Crippen LogP contribution in [-0.4, -0.2) is 38.5 Å². The van der Waals surface area contributed by atoms with Crippen LogP contribution in [0.5, 0.6) is 0 Å². The molecule has 0 radical (unpaired) electrons. The highest BCUT2D eigenvalue weighted by atomic mass is 16.6. The molecule has 6 nitrogen and oxygen atoms in total. The van der Waals surface area contributed by atoms with E-state index in [1.807, 2.05) is 50.5 Å². The molecule has 1 amide bonds. The molecule has 1 aliphatic rings. The van der Waals surface area contributed by atoms with Crippen molar-refractivity contribution in [2.24, 2.45) is 7.05 Å². The predicted octanol–water partition coefficient (Wildman–Crippen LogP) is 2.56. The SMILES string of the molecule is Cc1nn(C)cc1C1CC[C@H](CO)N1C(=O)OCc1ccccc1. The Morgan fingerprint density at radius 2 is 2.08 bits per heavy atom. The summed E-state index contributed by atoms with van der Waals surface area (Å²) < 4.78 is 7.25. The van der Waals surface area contributed by atoms with Crippen LogP contribution in [0.25, 0.3) is 0 Å². The van der Waals surface area contributed by atoms with Gasteiger partial charge in [-0.05, 0) is 25.3 Å². The van der Waals surface area contributed by atoms with Gasteiger partial charge in [-0.2, -0.15) is 5.10 Å². The Morgan fingerprint density at radius 1 is 1.33 bits per heavy atom. The Morgan fingerprint density at radius 3 is 2.71 bits per heavy atom. The van der Waals surface area contributed by atoms with E-state index in [4.69, 9.17) is 4.74 Å². The number of hydrogen-bond acceptors (Lipinski definition) is 4. The van der Waals surface area contributed by atoms with Gasteiger partial charge in [0.25, 0.3) is 0 Å². The van der Waals surface area contributed by atoms with Crippen molar-refractivity contribution in [3.05, 3.63) is 53.3 Å². The number of aryl methyl sites for hydroxylation is 2. The van der Waals surface area contributed by atoms with Crippen LogP contribution < -0.4 is 0 Å². The van der Waals surface area contributed by atoms with E-state index in [1.54, 1.807) is 9.58 Å². The van der Waals surface area contributed by atoms with Crippen LogP contribution in [0, 0.1) is 6.92 Å². The van der Waals surface area contributed by atoms with E-state index >= 15 is 0 Å². The highest BCUT2D eigenvalue weighted by Crippen LogP contribution is 2.37. The van der Waals surface area contributed by atoms with Crippen molar-refractivity contribution in [2.45, 2.75) is 38.5 Å². The first-order chi connectivity index (χ1) is 11.6. The molecule has 1 aromatic heterocycles. The number of benzene rings is 1. The number of ether oxygens (including phenoxy) is 1. The van der Waals surface area contributed by atoms with E-state index in [-0.39, 0.29) is 31.4 Å². The number of carbonyl (C=O) groups excluding carboxylic acids is 1. The number of rotatable bonds is 4. The first-order valence-corrected chi connectivity index (χ1v) is 8.20. The largest absolute Gasteiger partial charge is 0.445 e. The first-order valence-electron chi connectivity index (χ1n) is 8.20. The summed E-state index contributed by atoms with van der Waals surface area (Å²) in [5, 5.41) is 14.0. The van der Waals surface area contributed by atoms with Crippen molar-refractivity contribution in [1.82, 2.24) is 14.7 Å². The maximum absolute atomic E-state index is 12.7.